The van der Waals surface area contributed by atoms with Crippen LogP contribution in [-0.2, 0) is 43.6 Å². The van der Waals surface area contributed by atoms with Gasteiger partial charge in [-0.05, 0) is 76.1 Å². The van der Waals surface area contributed by atoms with Crippen LogP contribution in [0.3, 0.4) is 0 Å². The van der Waals surface area contributed by atoms with Gasteiger partial charge in [-0.1, -0.05) is 50.6 Å². The van der Waals surface area contributed by atoms with Gasteiger partial charge in [-0.3, -0.25) is 19.2 Å². The number of carbonyl (C=O) groups excluding carboxylic acids is 6. The zero-order chi connectivity index (χ0) is 53.7. The first-order chi connectivity index (χ1) is 34.5. The lowest BCUT2D eigenvalue weighted by atomic mass is 10.0. The Hall–Kier alpha value is -7.63. The fraction of sp³-hybridized carbons (Fsp3) is 0.429. The smallest absolute Gasteiger partial charge is 0.410 e. The maximum Gasteiger partial charge on any atom is 0.410 e. The van der Waals surface area contributed by atoms with Gasteiger partial charge in [-0.2, -0.15) is 8.78 Å². The third-order valence-corrected chi connectivity index (χ3v) is 11.3. The average molecular weight is 1030 g/mol. The monoisotopic (exact) mass is 1030 g/mol. The van der Waals surface area contributed by atoms with Gasteiger partial charge in [0.05, 0.1) is 29.7 Å². The summed E-state index contributed by atoms with van der Waals surface area (Å²) in [5.41, 5.74) is 13.0. The largest absolute Gasteiger partial charge is 0.445 e. The molecule has 394 valence electrons. The van der Waals surface area contributed by atoms with E-state index in [0.29, 0.717) is 33.6 Å². The number of fused-ring (bicyclic) bond motifs is 3. The third kappa shape index (κ3) is 15.2. The number of hydrogen-bond acceptors (Lipinski definition) is 12. The Labute approximate surface area is 416 Å². The highest BCUT2D eigenvalue weighted by atomic mass is 19.2. The lowest BCUT2D eigenvalue weighted by Gasteiger charge is -2.25. The number of aliphatic hydroxyl groups is 1. The van der Waals surface area contributed by atoms with Gasteiger partial charge in [0.2, 0.25) is 52.6 Å². The number of nitrogens with zero attached hydrogens (tertiary/aromatic N) is 4. The highest BCUT2D eigenvalue weighted by Gasteiger charge is 2.31. The van der Waals surface area contributed by atoms with E-state index >= 15 is 0 Å². The van der Waals surface area contributed by atoms with Crippen LogP contribution in [0.5, 0.6) is 5.75 Å². The number of halogens is 5. The van der Waals surface area contributed by atoms with E-state index < -0.39 is 101 Å². The molecule has 5 rings (SSSR count). The Bertz CT molecular complexity index is 2790. The summed E-state index contributed by atoms with van der Waals surface area (Å²) in [6, 6.07) is 10.8. The van der Waals surface area contributed by atoms with Crippen LogP contribution in [0.15, 0.2) is 48.5 Å². The number of ether oxygens (including phenoxy) is 2. The predicted molar refractivity (Wildman–Crippen MR) is 258 cm³/mol. The first kappa shape index (κ1) is 56.3. The molecule has 5 aromatic rings. The van der Waals surface area contributed by atoms with Crippen LogP contribution < -0.4 is 37.5 Å². The molecule has 2 aromatic heterocycles. The van der Waals surface area contributed by atoms with E-state index in [1.807, 2.05) is 28.8 Å². The first-order valence-corrected chi connectivity index (χ1v) is 23.4. The molecule has 2 heterocycles. The van der Waals surface area contributed by atoms with Crippen LogP contribution in [0.4, 0.5) is 43.0 Å². The maximum atomic E-state index is 13.9. The number of nitrogen functional groups attached to an aromatic ring is 1. The number of nitrogens with one attached hydrogen (secondary N) is 4. The summed E-state index contributed by atoms with van der Waals surface area (Å²) in [5.74, 6) is -16.2. The fourth-order valence-corrected chi connectivity index (χ4v) is 7.61. The molecular weight excluding hydrogens is 968 g/mol. The van der Waals surface area contributed by atoms with E-state index in [0.717, 1.165) is 5.39 Å². The van der Waals surface area contributed by atoms with Crippen molar-refractivity contribution < 1.29 is 65.3 Å². The van der Waals surface area contributed by atoms with Gasteiger partial charge < -0.3 is 56.8 Å². The van der Waals surface area contributed by atoms with Gasteiger partial charge in [0.1, 0.15) is 30.0 Å². The number of pyridine rings is 1. The number of urea groups is 1. The number of carbonyl (C=O) groups is 6. The molecule has 0 saturated carbocycles. The number of nitrogens with two attached hydrogens (primary N) is 2. The summed E-state index contributed by atoms with van der Waals surface area (Å²) < 4.78 is 79.9. The molecule has 6 amide bonds. The number of hydrogen-bond donors (Lipinski definition) is 7. The summed E-state index contributed by atoms with van der Waals surface area (Å²) in [6.07, 6.45) is -0.581. The molecule has 0 aliphatic heterocycles. The zero-order valence-electron chi connectivity index (χ0n) is 40.9. The number of benzene rings is 3. The maximum absolute atomic E-state index is 13.9. The molecule has 3 aromatic carbocycles. The number of esters is 1. The molecule has 0 radical (unpaired) electrons. The van der Waals surface area contributed by atoms with E-state index in [-0.39, 0.29) is 77.1 Å². The highest BCUT2D eigenvalue weighted by molar-refractivity contribution is 6.06. The summed E-state index contributed by atoms with van der Waals surface area (Å²) >= 11 is 0. The average Bonchev–Trinajstić information content (AvgIpc) is 3.69. The van der Waals surface area contributed by atoms with Crippen molar-refractivity contribution >= 4 is 69.3 Å². The summed E-state index contributed by atoms with van der Waals surface area (Å²) in [4.78, 5) is 87.7. The van der Waals surface area contributed by atoms with E-state index in [4.69, 9.17) is 21.2 Å². The van der Waals surface area contributed by atoms with E-state index in [9.17, 15) is 55.8 Å². The molecule has 19 nitrogen and oxygen atoms in total. The third-order valence-electron chi connectivity index (χ3n) is 11.3. The first-order valence-electron chi connectivity index (χ1n) is 23.4. The number of para-hydroxylation sites is 1. The molecule has 0 aliphatic carbocycles. The van der Waals surface area contributed by atoms with Gasteiger partial charge in [-0.25, -0.2) is 32.7 Å². The minimum atomic E-state index is -2.40. The summed E-state index contributed by atoms with van der Waals surface area (Å²) in [5, 5.41) is 22.1. The number of imidazole rings is 1. The number of unbranched alkanes of at least 4 members (excludes halogenated alkanes) is 2. The highest BCUT2D eigenvalue weighted by Crippen LogP contribution is 2.32. The molecular formula is C49H59F5N10O9. The second kappa shape index (κ2) is 25.2. The normalized spacial score (nSPS) is 12.3. The van der Waals surface area contributed by atoms with Crippen LogP contribution in [-0.4, -0.2) is 91.1 Å². The molecule has 0 spiro atoms. The Kier molecular flexibility index (Phi) is 19.4. The fourth-order valence-electron chi connectivity index (χ4n) is 7.61. The van der Waals surface area contributed by atoms with Crippen molar-refractivity contribution in [2.75, 3.05) is 24.1 Å². The van der Waals surface area contributed by atoms with Crippen LogP contribution in [0.2, 0.25) is 0 Å². The Morgan fingerprint density at radius 3 is 2.11 bits per heavy atom. The Morgan fingerprint density at radius 2 is 1.48 bits per heavy atom. The van der Waals surface area contributed by atoms with Gasteiger partial charge >= 0.3 is 18.1 Å². The molecule has 2 atom stereocenters. The molecule has 0 bridgehead atoms. The van der Waals surface area contributed by atoms with Crippen LogP contribution in [0.1, 0.15) is 91.0 Å². The zero-order valence-corrected chi connectivity index (χ0v) is 40.9. The minimum Gasteiger partial charge on any atom is -0.445 e. The molecule has 73 heavy (non-hydrogen) atoms. The number of rotatable bonds is 24. The minimum absolute atomic E-state index is 0.0246. The lowest BCUT2D eigenvalue weighted by Crippen LogP contribution is -2.54. The lowest BCUT2D eigenvalue weighted by molar-refractivity contribution is -0.135. The Morgan fingerprint density at radius 1 is 0.836 bits per heavy atom. The predicted octanol–water partition coefficient (Wildman–Crippen LogP) is 6.36. The van der Waals surface area contributed by atoms with Crippen LogP contribution in [0, 0.1) is 35.0 Å². The summed E-state index contributed by atoms with van der Waals surface area (Å²) in [7, 11) is 0. The van der Waals surface area contributed by atoms with Crippen molar-refractivity contribution in [2.45, 2.75) is 117 Å². The molecule has 0 saturated heterocycles. The molecule has 0 aliphatic rings. The quantitative estimate of drug-likeness (QED) is 0.00889. The van der Waals surface area contributed by atoms with Crippen molar-refractivity contribution in [3.8, 4) is 5.75 Å². The van der Waals surface area contributed by atoms with Crippen LogP contribution >= 0.6 is 0 Å². The van der Waals surface area contributed by atoms with Crippen molar-refractivity contribution in [1.82, 2.24) is 35.4 Å². The molecule has 9 N–H and O–H groups in total. The standard InChI is InChI=1S/C49H59F5N10O9/c1-6-63(23-32-61-41-42(64(32)25-49(4,5)71)29-13-10-11-14-30(29)59-44(41)55)48(70)72-24-27-18-20-28(21-19-27)58-45(67)31(15-12-22-57-47(56)69)60-46(68)40(26(2)3)62-33(65)16-8-7-9-17-34(66)73-43-38(53)36(51)35(50)37(52)39(43)54/h10-11,13-14,18-21,26,31,40,71H,6-9,12,15-17,22-25H2,1-5H3,(H2,55,59)(H,58,67)(H,60,68)(H,62,65)(H3,56,57,69)/t31?,40-/m0/s1. The van der Waals surface area contributed by atoms with Gasteiger partial charge in [0.15, 0.2) is 5.82 Å². The molecule has 1 unspecified atom stereocenters. The van der Waals surface area contributed by atoms with Gasteiger partial charge in [-0.15, -0.1) is 0 Å². The number of amides is 6. The number of anilines is 2. The second-order valence-electron chi connectivity index (χ2n) is 18.1. The second-order valence-corrected chi connectivity index (χ2v) is 18.1. The van der Waals surface area contributed by atoms with E-state index in [1.165, 1.54) is 4.90 Å². The molecule has 24 heteroatoms. The van der Waals surface area contributed by atoms with Crippen molar-refractivity contribution in [3.63, 3.8) is 0 Å². The summed E-state index contributed by atoms with van der Waals surface area (Å²) in [6.45, 7) is 8.81. The van der Waals surface area contributed by atoms with Crippen molar-refractivity contribution in [3.05, 3.63) is 89.0 Å². The van der Waals surface area contributed by atoms with Crippen LogP contribution in [0.25, 0.3) is 21.9 Å². The van der Waals surface area contributed by atoms with E-state index in [1.54, 1.807) is 58.9 Å². The topological polar surface area (TPSA) is 275 Å². The SMILES string of the molecule is CCN(Cc1nc2c(N)nc3ccccc3c2n1CC(C)(C)O)C(=O)OCc1ccc(NC(=O)C(CCCNC(N)=O)NC(=O)[C@@H](NC(=O)CCCCCC(=O)Oc2c(F)c(F)c(F)c(F)c2F)C(C)C)cc1. The number of primary amides is 1. The molecule has 0 fully saturated rings. The van der Waals surface area contributed by atoms with Crippen molar-refractivity contribution in [1.29, 1.82) is 0 Å². The Balaban J connectivity index is 1.15. The van der Waals surface area contributed by atoms with Crippen molar-refractivity contribution in [2.24, 2.45) is 11.7 Å². The van der Waals surface area contributed by atoms with Gasteiger partial charge in [0, 0.05) is 37.0 Å². The van der Waals surface area contributed by atoms with E-state index in [2.05, 4.69) is 31.0 Å². The number of aromatic nitrogens is 3. The van der Waals surface area contributed by atoms with Gasteiger partial charge in [0.25, 0.3) is 0 Å².